The maximum absolute atomic E-state index is 12.7. The molecule has 0 N–H and O–H groups in total. The van der Waals surface area contributed by atoms with Crippen molar-refractivity contribution in [2.24, 2.45) is 4.99 Å². The molecule has 0 fully saturated rings. The fraction of sp³-hybridized carbons (Fsp3) is 0.176. The van der Waals surface area contributed by atoms with Crippen molar-refractivity contribution in [3.05, 3.63) is 74.2 Å². The zero-order valence-electron chi connectivity index (χ0n) is 13.1. The zero-order chi connectivity index (χ0) is 17.8. The van der Waals surface area contributed by atoms with Crippen molar-refractivity contribution in [2.75, 3.05) is 13.1 Å². The SMILES string of the molecule is O=C(c1ccccc1Br)N1CCN=C1SCc1ccc([N+](=O)[O-])cc1. The maximum atomic E-state index is 12.7. The average Bonchev–Trinajstić information content (AvgIpc) is 3.08. The summed E-state index contributed by atoms with van der Waals surface area (Å²) in [5, 5.41) is 11.4. The van der Waals surface area contributed by atoms with E-state index in [0.717, 1.165) is 10.0 Å². The van der Waals surface area contributed by atoms with E-state index in [9.17, 15) is 14.9 Å². The Morgan fingerprint density at radius 2 is 1.96 bits per heavy atom. The number of nitro benzene ring substituents is 1. The van der Waals surface area contributed by atoms with Crippen molar-refractivity contribution in [1.82, 2.24) is 4.90 Å². The van der Waals surface area contributed by atoms with Crippen LogP contribution in [0.15, 0.2) is 58.0 Å². The van der Waals surface area contributed by atoms with Gasteiger partial charge in [0.05, 0.1) is 17.0 Å². The van der Waals surface area contributed by atoms with Crippen LogP contribution < -0.4 is 0 Å². The smallest absolute Gasteiger partial charge is 0.269 e. The summed E-state index contributed by atoms with van der Waals surface area (Å²) in [5.74, 6) is 0.510. The van der Waals surface area contributed by atoms with Gasteiger partial charge in [-0.25, -0.2) is 0 Å². The van der Waals surface area contributed by atoms with Gasteiger partial charge in [0.1, 0.15) is 0 Å². The van der Waals surface area contributed by atoms with Crippen LogP contribution in [0.4, 0.5) is 5.69 Å². The fourth-order valence-corrected chi connectivity index (χ4v) is 3.84. The molecule has 1 amide bonds. The Labute approximate surface area is 157 Å². The van der Waals surface area contributed by atoms with Gasteiger partial charge in [0.15, 0.2) is 5.17 Å². The second-order valence-electron chi connectivity index (χ2n) is 5.31. The highest BCUT2D eigenvalue weighted by atomic mass is 79.9. The van der Waals surface area contributed by atoms with Gasteiger partial charge < -0.3 is 0 Å². The Balaban J connectivity index is 1.67. The molecule has 0 unspecified atom stereocenters. The van der Waals surface area contributed by atoms with Gasteiger partial charge in [-0.2, -0.15) is 0 Å². The minimum atomic E-state index is -0.421. The molecule has 0 bridgehead atoms. The van der Waals surface area contributed by atoms with Gasteiger partial charge in [-0.3, -0.25) is 24.8 Å². The van der Waals surface area contributed by atoms with Gasteiger partial charge in [0, 0.05) is 28.9 Å². The lowest BCUT2D eigenvalue weighted by Crippen LogP contribution is -2.33. The highest BCUT2D eigenvalue weighted by Gasteiger charge is 2.26. The van der Waals surface area contributed by atoms with Gasteiger partial charge in [0.25, 0.3) is 11.6 Å². The molecule has 0 atom stereocenters. The van der Waals surface area contributed by atoms with Crippen LogP contribution in [0, 0.1) is 10.1 Å². The molecule has 2 aromatic rings. The summed E-state index contributed by atoms with van der Waals surface area (Å²) in [7, 11) is 0. The Kier molecular flexibility index (Phi) is 5.50. The molecule has 8 heteroatoms. The highest BCUT2D eigenvalue weighted by Crippen LogP contribution is 2.25. The lowest BCUT2D eigenvalue weighted by molar-refractivity contribution is -0.384. The predicted octanol–water partition coefficient (Wildman–Crippen LogP) is 4.10. The predicted molar refractivity (Wildman–Crippen MR) is 102 cm³/mol. The summed E-state index contributed by atoms with van der Waals surface area (Å²) in [6, 6.07) is 13.7. The molecule has 1 heterocycles. The van der Waals surface area contributed by atoms with E-state index >= 15 is 0 Å². The lowest BCUT2D eigenvalue weighted by Gasteiger charge is -2.18. The minimum absolute atomic E-state index is 0.0673. The first-order chi connectivity index (χ1) is 12.1. The molecule has 0 aromatic heterocycles. The summed E-state index contributed by atoms with van der Waals surface area (Å²) in [5.41, 5.74) is 1.62. The first-order valence-corrected chi connectivity index (χ1v) is 9.31. The number of carbonyl (C=O) groups excluding carboxylic acids is 1. The minimum Gasteiger partial charge on any atom is -0.286 e. The number of thioether (sulfide) groups is 1. The van der Waals surface area contributed by atoms with Crippen molar-refractivity contribution in [1.29, 1.82) is 0 Å². The Morgan fingerprint density at radius 3 is 2.64 bits per heavy atom. The van der Waals surface area contributed by atoms with E-state index in [0.29, 0.717) is 29.6 Å². The van der Waals surface area contributed by atoms with Crippen LogP contribution in [-0.4, -0.2) is 34.0 Å². The van der Waals surface area contributed by atoms with E-state index in [1.54, 1.807) is 23.1 Å². The number of nitrogens with zero attached hydrogens (tertiary/aromatic N) is 3. The number of aliphatic imine (C=N–C) groups is 1. The van der Waals surface area contributed by atoms with E-state index in [1.165, 1.54) is 23.9 Å². The van der Waals surface area contributed by atoms with Crippen LogP contribution >= 0.6 is 27.7 Å². The molecule has 128 valence electrons. The number of benzene rings is 2. The third-order valence-electron chi connectivity index (χ3n) is 3.67. The highest BCUT2D eigenvalue weighted by molar-refractivity contribution is 9.10. The number of amidine groups is 1. The van der Waals surface area contributed by atoms with Crippen LogP contribution in [0.3, 0.4) is 0 Å². The zero-order valence-corrected chi connectivity index (χ0v) is 15.5. The molecule has 0 radical (unpaired) electrons. The maximum Gasteiger partial charge on any atom is 0.269 e. The van der Waals surface area contributed by atoms with Gasteiger partial charge in [-0.05, 0) is 33.6 Å². The summed E-state index contributed by atoms with van der Waals surface area (Å²) in [6.45, 7) is 1.14. The Morgan fingerprint density at radius 1 is 1.24 bits per heavy atom. The average molecular weight is 420 g/mol. The van der Waals surface area contributed by atoms with E-state index in [-0.39, 0.29) is 11.6 Å². The number of halogens is 1. The number of hydrogen-bond acceptors (Lipinski definition) is 5. The first kappa shape index (κ1) is 17.6. The van der Waals surface area contributed by atoms with Crippen molar-refractivity contribution in [2.45, 2.75) is 5.75 Å². The number of nitro groups is 1. The number of carbonyl (C=O) groups is 1. The van der Waals surface area contributed by atoms with Crippen molar-refractivity contribution < 1.29 is 9.72 Å². The molecule has 0 aliphatic carbocycles. The van der Waals surface area contributed by atoms with Crippen LogP contribution in [-0.2, 0) is 5.75 Å². The molecule has 1 aliphatic heterocycles. The quantitative estimate of drug-likeness (QED) is 0.551. The normalized spacial score (nSPS) is 13.6. The molecule has 25 heavy (non-hydrogen) atoms. The molecule has 0 spiro atoms. The van der Waals surface area contributed by atoms with Gasteiger partial charge in [-0.15, -0.1) is 0 Å². The molecule has 2 aromatic carbocycles. The Hall–Kier alpha value is -2.19. The number of non-ortho nitro benzene ring substituents is 1. The van der Waals surface area contributed by atoms with Crippen LogP contribution in [0.25, 0.3) is 0 Å². The summed E-state index contributed by atoms with van der Waals surface area (Å²) in [4.78, 5) is 29.1. The molecule has 1 aliphatic rings. The third kappa shape index (κ3) is 4.08. The number of amides is 1. The van der Waals surface area contributed by atoms with Crippen LogP contribution in [0.1, 0.15) is 15.9 Å². The molecular weight excluding hydrogens is 406 g/mol. The fourth-order valence-electron chi connectivity index (χ4n) is 2.38. The lowest BCUT2D eigenvalue weighted by atomic mass is 10.2. The second kappa shape index (κ2) is 7.79. The monoisotopic (exact) mass is 419 g/mol. The summed E-state index contributed by atoms with van der Waals surface area (Å²) in [6.07, 6.45) is 0. The standard InChI is InChI=1S/C17H14BrN3O3S/c18-15-4-2-1-3-14(15)16(22)20-10-9-19-17(20)25-11-12-5-7-13(8-6-12)21(23)24/h1-8H,9-11H2. The van der Waals surface area contributed by atoms with E-state index < -0.39 is 4.92 Å². The van der Waals surface area contributed by atoms with Crippen molar-refractivity contribution in [3.63, 3.8) is 0 Å². The van der Waals surface area contributed by atoms with E-state index in [2.05, 4.69) is 20.9 Å². The van der Waals surface area contributed by atoms with E-state index in [4.69, 9.17) is 0 Å². The largest absolute Gasteiger partial charge is 0.286 e. The molecular formula is C17H14BrN3O3S. The number of hydrogen-bond donors (Lipinski definition) is 0. The Bertz CT molecular complexity index is 839. The molecule has 0 saturated carbocycles. The topological polar surface area (TPSA) is 75.8 Å². The second-order valence-corrected chi connectivity index (χ2v) is 7.11. The van der Waals surface area contributed by atoms with Crippen molar-refractivity contribution in [3.8, 4) is 0 Å². The van der Waals surface area contributed by atoms with Crippen molar-refractivity contribution >= 4 is 44.5 Å². The van der Waals surface area contributed by atoms with Gasteiger partial charge >= 0.3 is 0 Å². The van der Waals surface area contributed by atoms with Gasteiger partial charge in [0.2, 0.25) is 0 Å². The third-order valence-corrected chi connectivity index (χ3v) is 5.44. The molecule has 6 nitrogen and oxygen atoms in total. The summed E-state index contributed by atoms with van der Waals surface area (Å²) < 4.78 is 0.756. The van der Waals surface area contributed by atoms with Crippen LogP contribution in [0.5, 0.6) is 0 Å². The molecule has 3 rings (SSSR count). The van der Waals surface area contributed by atoms with Gasteiger partial charge in [-0.1, -0.05) is 36.0 Å². The van der Waals surface area contributed by atoms with E-state index in [1.807, 2.05) is 18.2 Å². The first-order valence-electron chi connectivity index (χ1n) is 7.53. The summed E-state index contributed by atoms with van der Waals surface area (Å²) >= 11 is 4.87. The molecule has 0 saturated heterocycles. The number of rotatable bonds is 4. The van der Waals surface area contributed by atoms with Crippen LogP contribution in [0.2, 0.25) is 0 Å².